The van der Waals surface area contributed by atoms with Crippen molar-refractivity contribution < 1.29 is 9.53 Å². The molecule has 0 fully saturated rings. The van der Waals surface area contributed by atoms with Crippen LogP contribution in [0.3, 0.4) is 0 Å². The molecular formula is C12H13N3O2S. The number of para-hydroxylation sites is 1. The summed E-state index contributed by atoms with van der Waals surface area (Å²) in [6.45, 7) is 2.05. The summed E-state index contributed by atoms with van der Waals surface area (Å²) in [4.78, 5) is 15.9. The zero-order valence-corrected chi connectivity index (χ0v) is 11.0. The molecule has 0 aliphatic carbocycles. The van der Waals surface area contributed by atoms with Gasteiger partial charge in [0.25, 0.3) is 0 Å². The molecule has 0 aromatic heterocycles. The van der Waals surface area contributed by atoms with Gasteiger partial charge in [-0.3, -0.25) is 5.32 Å². The summed E-state index contributed by atoms with van der Waals surface area (Å²) < 4.78 is 4.94. The summed E-state index contributed by atoms with van der Waals surface area (Å²) in [6.07, 6.45) is 3.58. The maximum Gasteiger partial charge on any atom is 0.340 e. The number of benzene rings is 1. The Kier molecular flexibility index (Phi) is 5.74. The molecule has 0 spiro atoms. The number of amidine groups is 1. The number of nitrogens with zero attached hydrogens (tertiary/aromatic N) is 2. The highest BCUT2D eigenvalue weighted by Crippen LogP contribution is 2.20. The SMILES string of the molecule is CCOC(=O)c1ccccc1N=C(NC#N)SC. The first-order chi connectivity index (χ1) is 8.72. The van der Waals surface area contributed by atoms with E-state index in [1.807, 2.05) is 0 Å². The van der Waals surface area contributed by atoms with Crippen molar-refractivity contribution in [3.63, 3.8) is 0 Å². The molecule has 1 aromatic carbocycles. The fourth-order valence-corrected chi connectivity index (χ4v) is 1.57. The average Bonchev–Trinajstić information content (AvgIpc) is 2.39. The van der Waals surface area contributed by atoms with Gasteiger partial charge in [-0.05, 0) is 25.3 Å². The minimum atomic E-state index is -0.422. The van der Waals surface area contributed by atoms with Crippen molar-refractivity contribution in [3.05, 3.63) is 29.8 Å². The summed E-state index contributed by atoms with van der Waals surface area (Å²) in [5.74, 6) is -0.422. The number of esters is 1. The zero-order chi connectivity index (χ0) is 13.4. The van der Waals surface area contributed by atoms with Gasteiger partial charge < -0.3 is 4.74 Å². The summed E-state index contributed by atoms with van der Waals surface area (Å²) in [5, 5.41) is 11.4. The molecule has 0 amide bonds. The maximum atomic E-state index is 11.7. The first-order valence-electron chi connectivity index (χ1n) is 5.26. The highest BCUT2D eigenvalue weighted by molar-refractivity contribution is 8.13. The minimum Gasteiger partial charge on any atom is -0.462 e. The van der Waals surface area contributed by atoms with Gasteiger partial charge in [0.2, 0.25) is 0 Å². The Labute approximate surface area is 110 Å². The molecule has 1 aromatic rings. The monoisotopic (exact) mass is 263 g/mol. The fourth-order valence-electron chi connectivity index (χ4n) is 1.23. The largest absolute Gasteiger partial charge is 0.462 e. The van der Waals surface area contributed by atoms with Crippen molar-refractivity contribution in [2.45, 2.75) is 6.92 Å². The predicted octanol–water partition coefficient (Wildman–Crippen LogP) is 2.28. The first kappa shape index (κ1) is 14.1. The van der Waals surface area contributed by atoms with Gasteiger partial charge in [-0.2, -0.15) is 5.26 Å². The average molecular weight is 263 g/mol. The number of rotatable bonds is 3. The van der Waals surface area contributed by atoms with Crippen molar-refractivity contribution in [1.29, 1.82) is 5.26 Å². The Hall–Kier alpha value is -2.00. The van der Waals surface area contributed by atoms with Crippen molar-refractivity contribution in [1.82, 2.24) is 5.32 Å². The smallest absolute Gasteiger partial charge is 0.340 e. The zero-order valence-electron chi connectivity index (χ0n) is 10.1. The van der Waals surface area contributed by atoms with Crippen LogP contribution in [0.5, 0.6) is 0 Å². The van der Waals surface area contributed by atoms with Gasteiger partial charge in [0.1, 0.15) is 0 Å². The van der Waals surface area contributed by atoms with E-state index in [1.54, 1.807) is 43.6 Å². The second kappa shape index (κ2) is 7.35. The summed E-state index contributed by atoms with van der Waals surface area (Å²) in [5.41, 5.74) is 0.855. The Morgan fingerprint density at radius 3 is 2.89 bits per heavy atom. The van der Waals surface area contributed by atoms with E-state index in [4.69, 9.17) is 10.00 Å². The van der Waals surface area contributed by atoms with E-state index < -0.39 is 5.97 Å². The van der Waals surface area contributed by atoms with E-state index in [1.165, 1.54) is 11.8 Å². The minimum absolute atomic E-state index is 0.308. The quantitative estimate of drug-likeness (QED) is 0.298. The van der Waals surface area contributed by atoms with Gasteiger partial charge in [0, 0.05) is 0 Å². The van der Waals surface area contributed by atoms with E-state index >= 15 is 0 Å². The highest BCUT2D eigenvalue weighted by atomic mass is 32.2. The van der Waals surface area contributed by atoms with Crippen LogP contribution in [0.25, 0.3) is 0 Å². The Morgan fingerprint density at radius 2 is 2.28 bits per heavy atom. The lowest BCUT2D eigenvalue weighted by Crippen LogP contribution is -2.13. The third kappa shape index (κ3) is 3.79. The number of aliphatic imine (C=N–C) groups is 1. The van der Waals surface area contributed by atoms with Crippen molar-refractivity contribution in [2.24, 2.45) is 4.99 Å². The summed E-state index contributed by atoms with van der Waals surface area (Å²) in [6, 6.07) is 6.84. The van der Waals surface area contributed by atoms with E-state index in [2.05, 4.69) is 10.3 Å². The van der Waals surface area contributed by atoms with Gasteiger partial charge in [-0.15, -0.1) is 0 Å². The van der Waals surface area contributed by atoms with E-state index in [-0.39, 0.29) is 0 Å². The maximum absolute atomic E-state index is 11.7. The lowest BCUT2D eigenvalue weighted by Gasteiger charge is -2.06. The number of nitriles is 1. The van der Waals surface area contributed by atoms with Crippen LogP contribution in [0.1, 0.15) is 17.3 Å². The van der Waals surface area contributed by atoms with Crippen LogP contribution < -0.4 is 5.32 Å². The van der Waals surface area contributed by atoms with Crippen LogP contribution in [0.15, 0.2) is 29.3 Å². The predicted molar refractivity (Wildman–Crippen MR) is 71.8 cm³/mol. The first-order valence-corrected chi connectivity index (χ1v) is 6.49. The molecule has 0 radical (unpaired) electrons. The summed E-state index contributed by atoms with van der Waals surface area (Å²) in [7, 11) is 0. The molecule has 0 saturated heterocycles. The van der Waals surface area contributed by atoms with Gasteiger partial charge in [-0.1, -0.05) is 23.9 Å². The number of nitrogens with one attached hydrogen (secondary N) is 1. The molecule has 0 atom stereocenters. The lowest BCUT2D eigenvalue weighted by molar-refractivity contribution is 0.0527. The normalized spacial score (nSPS) is 10.6. The topological polar surface area (TPSA) is 74.5 Å². The van der Waals surface area contributed by atoms with E-state index in [0.717, 1.165) is 0 Å². The van der Waals surface area contributed by atoms with Crippen LogP contribution in [-0.4, -0.2) is 24.0 Å². The van der Waals surface area contributed by atoms with Crippen LogP contribution in [0.2, 0.25) is 0 Å². The lowest BCUT2D eigenvalue weighted by atomic mass is 10.2. The number of ether oxygens (including phenoxy) is 1. The molecule has 5 nitrogen and oxygen atoms in total. The number of carbonyl (C=O) groups is 1. The van der Waals surface area contributed by atoms with Crippen LogP contribution >= 0.6 is 11.8 Å². The third-order valence-electron chi connectivity index (χ3n) is 1.98. The van der Waals surface area contributed by atoms with Crippen molar-refractivity contribution in [2.75, 3.05) is 12.9 Å². The standard InChI is InChI=1S/C12H13N3O2S/c1-3-17-11(16)9-6-4-5-7-10(9)15-12(18-2)14-8-13/h4-7H,3H2,1-2H3,(H,14,15). The van der Waals surface area contributed by atoms with Gasteiger partial charge in [-0.25, -0.2) is 9.79 Å². The molecule has 0 aliphatic heterocycles. The molecular weight excluding hydrogens is 250 g/mol. The van der Waals surface area contributed by atoms with Crippen LogP contribution in [0, 0.1) is 11.5 Å². The molecule has 18 heavy (non-hydrogen) atoms. The molecule has 0 heterocycles. The van der Waals surface area contributed by atoms with Crippen molar-refractivity contribution in [3.8, 4) is 6.19 Å². The van der Waals surface area contributed by atoms with Gasteiger partial charge in [0.15, 0.2) is 11.4 Å². The number of hydrogen-bond donors (Lipinski definition) is 1. The van der Waals surface area contributed by atoms with E-state index in [9.17, 15) is 4.79 Å². The number of thioether (sulfide) groups is 1. The van der Waals surface area contributed by atoms with Gasteiger partial charge >= 0.3 is 5.97 Å². The molecule has 0 unspecified atom stereocenters. The molecule has 6 heteroatoms. The second-order valence-electron chi connectivity index (χ2n) is 3.10. The second-order valence-corrected chi connectivity index (χ2v) is 3.89. The highest BCUT2D eigenvalue weighted by Gasteiger charge is 2.11. The Balaban J connectivity index is 3.09. The molecule has 1 rings (SSSR count). The Morgan fingerprint density at radius 1 is 1.56 bits per heavy atom. The van der Waals surface area contributed by atoms with Crippen LogP contribution in [0.4, 0.5) is 5.69 Å². The third-order valence-corrected chi connectivity index (χ3v) is 2.56. The van der Waals surface area contributed by atoms with E-state index in [0.29, 0.717) is 23.0 Å². The van der Waals surface area contributed by atoms with Crippen LogP contribution in [-0.2, 0) is 4.74 Å². The molecule has 0 bridgehead atoms. The van der Waals surface area contributed by atoms with Gasteiger partial charge in [0.05, 0.1) is 17.9 Å². The molecule has 0 aliphatic rings. The molecule has 1 N–H and O–H groups in total. The molecule has 0 saturated carbocycles. The molecule has 94 valence electrons. The fraction of sp³-hybridized carbons (Fsp3) is 0.250. The Bertz CT molecular complexity index is 494. The summed E-state index contributed by atoms with van der Waals surface area (Å²) >= 11 is 1.29. The number of hydrogen-bond acceptors (Lipinski definition) is 5. The van der Waals surface area contributed by atoms with Crippen molar-refractivity contribution >= 4 is 28.6 Å². The number of carbonyl (C=O) groups excluding carboxylic acids is 1.